The smallest absolute Gasteiger partial charge is 0.269 e. The quantitative estimate of drug-likeness (QED) is 0.336. The number of amides is 1. The number of carbonyl (C=O) groups is 1. The number of thioether (sulfide) groups is 1. The molecule has 0 aromatic heterocycles. The molecule has 6 heteroatoms. The van der Waals surface area contributed by atoms with Crippen LogP contribution in [0.5, 0.6) is 0 Å². The largest absolute Gasteiger partial charge is 0.352 e. The summed E-state index contributed by atoms with van der Waals surface area (Å²) in [7, 11) is 0. The molecule has 0 heterocycles. The van der Waals surface area contributed by atoms with Gasteiger partial charge in [0.05, 0.1) is 4.92 Å². The topological polar surface area (TPSA) is 72.2 Å². The third-order valence-electron chi connectivity index (χ3n) is 3.60. The molecule has 0 aliphatic rings. The van der Waals surface area contributed by atoms with Crippen molar-refractivity contribution in [3.8, 4) is 0 Å². The van der Waals surface area contributed by atoms with E-state index in [1.807, 2.05) is 12.1 Å². The third kappa shape index (κ3) is 6.43. The van der Waals surface area contributed by atoms with Gasteiger partial charge in [0.15, 0.2) is 0 Å². The second-order valence-electron chi connectivity index (χ2n) is 5.45. The molecule has 2 rings (SSSR count). The monoisotopic (exact) mass is 356 g/mol. The summed E-state index contributed by atoms with van der Waals surface area (Å²) >= 11 is 1.78. The third-order valence-corrected chi connectivity index (χ3v) is 4.60. The Bertz CT molecular complexity index is 758. The molecule has 130 valence electrons. The molecule has 0 saturated heterocycles. The van der Waals surface area contributed by atoms with E-state index in [2.05, 4.69) is 24.4 Å². The summed E-state index contributed by atoms with van der Waals surface area (Å²) in [5.74, 6) is 1.60. The van der Waals surface area contributed by atoms with Crippen molar-refractivity contribution in [3.63, 3.8) is 0 Å². The van der Waals surface area contributed by atoms with Gasteiger partial charge in [0, 0.05) is 36.3 Å². The fraction of sp³-hybridized carbons (Fsp3) is 0.211. The number of rotatable bonds is 8. The Morgan fingerprint density at radius 1 is 1.20 bits per heavy atom. The molecule has 0 bridgehead atoms. The van der Waals surface area contributed by atoms with Crippen LogP contribution < -0.4 is 5.32 Å². The first kappa shape index (κ1) is 18.7. The SMILES string of the molecule is Cc1ccccc1CSCCNC(=O)C=Cc1ccc([N+](=O)[O-])cc1. The molecule has 0 fully saturated rings. The highest BCUT2D eigenvalue weighted by atomic mass is 32.2. The fourth-order valence-corrected chi connectivity index (χ4v) is 3.07. The Kier molecular flexibility index (Phi) is 7.22. The van der Waals surface area contributed by atoms with E-state index in [9.17, 15) is 14.9 Å². The zero-order chi connectivity index (χ0) is 18.1. The Morgan fingerprint density at radius 3 is 2.60 bits per heavy atom. The van der Waals surface area contributed by atoms with Crippen LogP contribution >= 0.6 is 11.8 Å². The van der Waals surface area contributed by atoms with Gasteiger partial charge in [-0.1, -0.05) is 24.3 Å². The lowest BCUT2D eigenvalue weighted by Crippen LogP contribution is -2.23. The Hall–Kier alpha value is -2.60. The van der Waals surface area contributed by atoms with E-state index in [-0.39, 0.29) is 11.6 Å². The van der Waals surface area contributed by atoms with Crippen LogP contribution in [-0.2, 0) is 10.5 Å². The molecule has 25 heavy (non-hydrogen) atoms. The van der Waals surface area contributed by atoms with E-state index in [1.54, 1.807) is 30.0 Å². The summed E-state index contributed by atoms with van der Waals surface area (Å²) in [5, 5.41) is 13.4. The van der Waals surface area contributed by atoms with Gasteiger partial charge < -0.3 is 5.32 Å². The summed E-state index contributed by atoms with van der Waals surface area (Å²) in [5.41, 5.74) is 3.38. The van der Waals surface area contributed by atoms with Crippen molar-refractivity contribution in [1.29, 1.82) is 0 Å². The number of aryl methyl sites for hydroxylation is 1. The summed E-state index contributed by atoms with van der Waals surface area (Å²) < 4.78 is 0. The highest BCUT2D eigenvalue weighted by molar-refractivity contribution is 7.98. The number of nitrogens with one attached hydrogen (secondary N) is 1. The lowest BCUT2D eigenvalue weighted by atomic mass is 10.1. The summed E-state index contributed by atoms with van der Waals surface area (Å²) in [6, 6.07) is 14.3. The van der Waals surface area contributed by atoms with Crippen LogP contribution in [-0.4, -0.2) is 23.1 Å². The molecule has 1 amide bonds. The van der Waals surface area contributed by atoms with Crippen molar-refractivity contribution in [1.82, 2.24) is 5.32 Å². The van der Waals surface area contributed by atoms with Gasteiger partial charge in [-0.2, -0.15) is 11.8 Å². The number of nitro groups is 1. The van der Waals surface area contributed by atoms with Gasteiger partial charge in [0.2, 0.25) is 5.91 Å². The Morgan fingerprint density at radius 2 is 1.92 bits per heavy atom. The van der Waals surface area contributed by atoms with Gasteiger partial charge in [-0.3, -0.25) is 14.9 Å². The number of hydrogen-bond acceptors (Lipinski definition) is 4. The van der Waals surface area contributed by atoms with Gasteiger partial charge >= 0.3 is 0 Å². The van der Waals surface area contributed by atoms with Gasteiger partial charge in [-0.05, 0) is 41.8 Å². The van der Waals surface area contributed by atoms with Gasteiger partial charge in [0.25, 0.3) is 5.69 Å². The fourth-order valence-electron chi connectivity index (χ4n) is 2.14. The molecule has 2 aromatic carbocycles. The molecule has 0 atom stereocenters. The molecule has 0 unspecified atom stereocenters. The first-order valence-electron chi connectivity index (χ1n) is 7.89. The molecule has 0 spiro atoms. The van der Waals surface area contributed by atoms with Crippen molar-refractivity contribution >= 4 is 29.4 Å². The van der Waals surface area contributed by atoms with Crippen LogP contribution in [0.3, 0.4) is 0 Å². The van der Waals surface area contributed by atoms with Crippen LogP contribution in [0.2, 0.25) is 0 Å². The van der Waals surface area contributed by atoms with Crippen molar-refractivity contribution in [2.75, 3.05) is 12.3 Å². The summed E-state index contributed by atoms with van der Waals surface area (Å²) in [4.78, 5) is 21.9. The van der Waals surface area contributed by atoms with Crippen LogP contribution in [0.25, 0.3) is 6.08 Å². The summed E-state index contributed by atoms with van der Waals surface area (Å²) in [6.07, 6.45) is 3.08. The molecule has 0 aliphatic carbocycles. The van der Waals surface area contributed by atoms with Gasteiger partial charge in [0.1, 0.15) is 0 Å². The van der Waals surface area contributed by atoms with E-state index in [0.717, 1.165) is 17.1 Å². The molecule has 1 N–H and O–H groups in total. The first-order valence-corrected chi connectivity index (χ1v) is 9.04. The predicted octanol–water partition coefficient (Wildman–Crippen LogP) is 3.97. The number of hydrogen-bond donors (Lipinski definition) is 1. The van der Waals surface area contributed by atoms with Crippen LogP contribution in [0.15, 0.2) is 54.6 Å². The number of benzene rings is 2. The summed E-state index contributed by atoms with van der Waals surface area (Å²) in [6.45, 7) is 2.70. The number of nitrogens with zero attached hydrogens (tertiary/aromatic N) is 1. The zero-order valence-corrected chi connectivity index (χ0v) is 14.8. The van der Waals surface area contributed by atoms with E-state index >= 15 is 0 Å². The second-order valence-corrected chi connectivity index (χ2v) is 6.56. The first-order chi connectivity index (χ1) is 12.1. The van der Waals surface area contributed by atoms with Gasteiger partial charge in [-0.25, -0.2) is 0 Å². The highest BCUT2D eigenvalue weighted by Gasteiger charge is 2.03. The van der Waals surface area contributed by atoms with E-state index < -0.39 is 4.92 Å². The molecule has 0 saturated carbocycles. The number of carbonyl (C=O) groups excluding carboxylic acids is 1. The molecular formula is C19H20N2O3S. The van der Waals surface area contributed by atoms with E-state index in [4.69, 9.17) is 0 Å². The van der Waals surface area contributed by atoms with Crippen molar-refractivity contribution in [2.24, 2.45) is 0 Å². The maximum absolute atomic E-state index is 11.8. The maximum atomic E-state index is 11.8. The number of nitro benzene ring substituents is 1. The van der Waals surface area contributed by atoms with Crippen molar-refractivity contribution in [3.05, 3.63) is 81.4 Å². The maximum Gasteiger partial charge on any atom is 0.269 e. The standard InChI is InChI=1S/C19H20N2O3S/c1-15-4-2-3-5-17(15)14-25-13-12-20-19(22)11-8-16-6-9-18(10-7-16)21(23)24/h2-11H,12-14H2,1H3,(H,20,22). The zero-order valence-electron chi connectivity index (χ0n) is 14.0. The predicted molar refractivity (Wildman–Crippen MR) is 102 cm³/mol. The lowest BCUT2D eigenvalue weighted by molar-refractivity contribution is -0.384. The molecule has 0 radical (unpaired) electrons. The average molecular weight is 356 g/mol. The van der Waals surface area contributed by atoms with Crippen LogP contribution in [0.1, 0.15) is 16.7 Å². The van der Waals surface area contributed by atoms with Gasteiger partial charge in [-0.15, -0.1) is 0 Å². The normalized spacial score (nSPS) is 10.8. The number of non-ortho nitro benzene ring substituents is 1. The molecule has 0 aliphatic heterocycles. The molecule has 2 aromatic rings. The van der Waals surface area contributed by atoms with Crippen LogP contribution in [0, 0.1) is 17.0 Å². The van der Waals surface area contributed by atoms with E-state index in [0.29, 0.717) is 6.54 Å². The lowest BCUT2D eigenvalue weighted by Gasteiger charge is -2.05. The van der Waals surface area contributed by atoms with E-state index in [1.165, 1.54) is 29.3 Å². The Labute approximate surface area is 151 Å². The van der Waals surface area contributed by atoms with Crippen LogP contribution in [0.4, 0.5) is 5.69 Å². The molecular weight excluding hydrogens is 336 g/mol. The highest BCUT2D eigenvalue weighted by Crippen LogP contribution is 2.15. The van der Waals surface area contributed by atoms with Crippen molar-refractivity contribution in [2.45, 2.75) is 12.7 Å². The average Bonchev–Trinajstić information content (AvgIpc) is 2.61. The van der Waals surface area contributed by atoms with Crippen molar-refractivity contribution < 1.29 is 9.72 Å². The minimum absolute atomic E-state index is 0.0345. The second kappa shape index (κ2) is 9.64. The minimum Gasteiger partial charge on any atom is -0.352 e. The molecule has 5 nitrogen and oxygen atoms in total. The minimum atomic E-state index is -0.450. The Balaban J connectivity index is 1.68.